The molecule has 0 N–H and O–H groups in total. The van der Waals surface area contributed by atoms with E-state index < -0.39 is 5.60 Å². The van der Waals surface area contributed by atoms with Crippen molar-refractivity contribution < 1.29 is 9.47 Å². The summed E-state index contributed by atoms with van der Waals surface area (Å²) in [5.74, 6) is 1.68. The van der Waals surface area contributed by atoms with Crippen LogP contribution in [0.5, 0.6) is 11.5 Å². The van der Waals surface area contributed by atoms with Crippen LogP contribution < -0.4 is 4.74 Å². The first-order valence-electron chi connectivity index (χ1n) is 7.34. The van der Waals surface area contributed by atoms with E-state index in [0.717, 1.165) is 28.2 Å². The highest BCUT2D eigenvalue weighted by Gasteiger charge is 2.43. The lowest BCUT2D eigenvalue weighted by Crippen LogP contribution is -2.34. The normalized spacial score (nSPS) is 14.6. The summed E-state index contributed by atoms with van der Waals surface area (Å²) in [6.07, 6.45) is 0. The van der Waals surface area contributed by atoms with Gasteiger partial charge in [-0.3, -0.25) is 0 Å². The zero-order valence-corrected chi connectivity index (χ0v) is 12.3. The molecule has 0 saturated heterocycles. The molecule has 0 aliphatic carbocycles. The Labute approximate surface area is 129 Å². The summed E-state index contributed by atoms with van der Waals surface area (Å²) in [5.41, 5.74) is 2.51. The van der Waals surface area contributed by atoms with Crippen LogP contribution in [0.4, 0.5) is 0 Å². The van der Waals surface area contributed by atoms with E-state index in [0.29, 0.717) is 0 Å². The van der Waals surface area contributed by atoms with E-state index in [1.807, 2.05) is 54.6 Å². The molecule has 1 heterocycles. The fourth-order valence-electron chi connectivity index (χ4n) is 3.28. The molecular formula is C20H16O2. The van der Waals surface area contributed by atoms with Crippen molar-refractivity contribution >= 4 is 0 Å². The van der Waals surface area contributed by atoms with Gasteiger partial charge in [-0.15, -0.1) is 0 Å². The molecule has 0 amide bonds. The Morgan fingerprint density at radius 2 is 1.18 bits per heavy atom. The van der Waals surface area contributed by atoms with Crippen molar-refractivity contribution in [1.82, 2.24) is 0 Å². The minimum absolute atomic E-state index is 0.646. The van der Waals surface area contributed by atoms with E-state index in [-0.39, 0.29) is 0 Å². The van der Waals surface area contributed by atoms with Gasteiger partial charge >= 0.3 is 0 Å². The van der Waals surface area contributed by atoms with Crippen LogP contribution in [0.25, 0.3) is 0 Å². The quantitative estimate of drug-likeness (QED) is 0.678. The third-order valence-electron chi connectivity index (χ3n) is 4.24. The van der Waals surface area contributed by atoms with Gasteiger partial charge in [-0.05, 0) is 17.7 Å². The van der Waals surface area contributed by atoms with Crippen molar-refractivity contribution in [2.75, 3.05) is 7.11 Å². The molecule has 3 aromatic carbocycles. The Balaban J connectivity index is 2.09. The molecule has 2 nitrogen and oxygen atoms in total. The number of rotatable bonds is 2. The van der Waals surface area contributed by atoms with Crippen LogP contribution in [0.2, 0.25) is 0 Å². The topological polar surface area (TPSA) is 18.5 Å². The van der Waals surface area contributed by atoms with Crippen molar-refractivity contribution in [2.45, 2.75) is 5.60 Å². The first-order valence-corrected chi connectivity index (χ1v) is 7.34. The van der Waals surface area contributed by atoms with E-state index in [2.05, 4.69) is 24.3 Å². The van der Waals surface area contributed by atoms with Gasteiger partial charge in [-0.25, -0.2) is 0 Å². The van der Waals surface area contributed by atoms with Gasteiger partial charge in [0.25, 0.3) is 0 Å². The second kappa shape index (κ2) is 5.00. The zero-order chi connectivity index (χ0) is 15.0. The summed E-state index contributed by atoms with van der Waals surface area (Å²) in [4.78, 5) is 0. The van der Waals surface area contributed by atoms with E-state index >= 15 is 0 Å². The minimum Gasteiger partial charge on any atom is -0.457 e. The maximum atomic E-state index is 6.14. The number of para-hydroxylation sites is 2. The maximum Gasteiger partial charge on any atom is 0.150 e. The molecule has 0 unspecified atom stereocenters. The zero-order valence-electron chi connectivity index (χ0n) is 12.3. The number of ether oxygens (including phenoxy) is 2. The Morgan fingerprint density at radius 3 is 1.73 bits per heavy atom. The molecule has 108 valence electrons. The Bertz CT molecular complexity index is 763. The first-order chi connectivity index (χ1) is 10.9. The average Bonchev–Trinajstić information content (AvgIpc) is 2.60. The van der Waals surface area contributed by atoms with Crippen LogP contribution in [0.15, 0.2) is 78.9 Å². The SMILES string of the molecule is COC1(c2ccccc2)c2ccccc2Oc2ccccc21. The van der Waals surface area contributed by atoms with E-state index in [1.165, 1.54) is 0 Å². The lowest BCUT2D eigenvalue weighted by Gasteiger charge is -2.39. The van der Waals surface area contributed by atoms with Crippen molar-refractivity contribution in [3.05, 3.63) is 95.6 Å². The molecule has 0 fully saturated rings. The Hall–Kier alpha value is -2.58. The first kappa shape index (κ1) is 13.1. The lowest BCUT2D eigenvalue weighted by atomic mass is 9.78. The summed E-state index contributed by atoms with van der Waals surface area (Å²) in [5, 5.41) is 0. The van der Waals surface area contributed by atoms with Crippen molar-refractivity contribution in [3.8, 4) is 11.5 Å². The van der Waals surface area contributed by atoms with Crippen LogP contribution >= 0.6 is 0 Å². The Kier molecular flexibility index (Phi) is 2.98. The van der Waals surface area contributed by atoms with E-state index in [9.17, 15) is 0 Å². The van der Waals surface area contributed by atoms with Gasteiger partial charge in [0.2, 0.25) is 0 Å². The van der Waals surface area contributed by atoms with Gasteiger partial charge in [0, 0.05) is 18.2 Å². The van der Waals surface area contributed by atoms with E-state index in [4.69, 9.17) is 9.47 Å². The van der Waals surface area contributed by atoms with Crippen molar-refractivity contribution in [1.29, 1.82) is 0 Å². The maximum absolute atomic E-state index is 6.14. The predicted octanol–water partition coefficient (Wildman–Crippen LogP) is 4.73. The lowest BCUT2D eigenvalue weighted by molar-refractivity contribution is 0.0499. The summed E-state index contributed by atoms with van der Waals surface area (Å²) in [6, 6.07) is 26.4. The van der Waals surface area contributed by atoms with E-state index in [1.54, 1.807) is 7.11 Å². The van der Waals surface area contributed by atoms with Crippen molar-refractivity contribution in [3.63, 3.8) is 0 Å². The molecule has 3 aromatic rings. The van der Waals surface area contributed by atoms with Crippen LogP contribution in [0.3, 0.4) is 0 Å². The van der Waals surface area contributed by atoms with Gasteiger partial charge in [0.1, 0.15) is 11.5 Å². The molecule has 0 bridgehead atoms. The van der Waals surface area contributed by atoms with Gasteiger partial charge in [-0.2, -0.15) is 0 Å². The monoisotopic (exact) mass is 288 g/mol. The van der Waals surface area contributed by atoms with Crippen molar-refractivity contribution in [2.24, 2.45) is 0 Å². The molecule has 0 radical (unpaired) electrons. The van der Waals surface area contributed by atoms with Gasteiger partial charge in [-0.1, -0.05) is 66.7 Å². The van der Waals surface area contributed by atoms with Gasteiger partial charge < -0.3 is 9.47 Å². The summed E-state index contributed by atoms with van der Waals surface area (Å²) >= 11 is 0. The fourth-order valence-corrected chi connectivity index (χ4v) is 3.28. The standard InChI is InChI=1S/C20H16O2/c1-21-20(15-9-3-2-4-10-15)16-11-5-7-13-18(16)22-19-14-8-6-12-17(19)20/h2-14H,1H3. The highest BCUT2D eigenvalue weighted by atomic mass is 16.5. The summed E-state index contributed by atoms with van der Waals surface area (Å²) < 4.78 is 12.2. The van der Waals surface area contributed by atoms with Crippen LogP contribution in [-0.2, 0) is 10.3 Å². The molecule has 0 saturated carbocycles. The van der Waals surface area contributed by atoms with Crippen LogP contribution in [-0.4, -0.2) is 7.11 Å². The fraction of sp³-hybridized carbons (Fsp3) is 0.100. The second-order valence-corrected chi connectivity index (χ2v) is 5.35. The third kappa shape index (κ3) is 1.71. The molecule has 0 atom stereocenters. The molecule has 1 aliphatic heterocycles. The third-order valence-corrected chi connectivity index (χ3v) is 4.24. The molecule has 22 heavy (non-hydrogen) atoms. The predicted molar refractivity (Wildman–Crippen MR) is 86.3 cm³/mol. The highest BCUT2D eigenvalue weighted by molar-refractivity contribution is 5.61. The summed E-state index contributed by atoms with van der Waals surface area (Å²) in [7, 11) is 1.76. The number of benzene rings is 3. The average molecular weight is 288 g/mol. The molecule has 0 aromatic heterocycles. The number of hydrogen-bond donors (Lipinski definition) is 0. The number of methoxy groups -OCH3 is 1. The van der Waals surface area contributed by atoms with Crippen LogP contribution in [0.1, 0.15) is 16.7 Å². The van der Waals surface area contributed by atoms with Gasteiger partial charge in [0.15, 0.2) is 5.60 Å². The van der Waals surface area contributed by atoms with Crippen LogP contribution in [0, 0.1) is 0 Å². The summed E-state index contributed by atoms with van der Waals surface area (Å²) in [6.45, 7) is 0. The molecule has 2 heteroatoms. The minimum atomic E-state index is -0.646. The highest BCUT2D eigenvalue weighted by Crippen LogP contribution is 2.51. The molecule has 0 spiro atoms. The van der Waals surface area contributed by atoms with Gasteiger partial charge in [0.05, 0.1) is 0 Å². The number of hydrogen-bond acceptors (Lipinski definition) is 2. The number of fused-ring (bicyclic) bond motifs is 2. The molecular weight excluding hydrogens is 272 g/mol. The Morgan fingerprint density at radius 1 is 0.682 bits per heavy atom. The largest absolute Gasteiger partial charge is 0.457 e. The second-order valence-electron chi connectivity index (χ2n) is 5.35. The molecule has 4 rings (SSSR count). The smallest absolute Gasteiger partial charge is 0.150 e. The molecule has 1 aliphatic rings.